The van der Waals surface area contributed by atoms with Crippen molar-refractivity contribution in [3.05, 3.63) is 63.2 Å². The van der Waals surface area contributed by atoms with E-state index in [1.165, 1.54) is 11.8 Å². The monoisotopic (exact) mass is 422 g/mol. The number of amides is 1. The first-order valence-electron chi connectivity index (χ1n) is 9.86. The predicted octanol–water partition coefficient (Wildman–Crippen LogP) is 2.95. The number of hydrogen-bond acceptors (Lipinski definition) is 7. The van der Waals surface area contributed by atoms with Gasteiger partial charge >= 0.3 is 5.97 Å². The fourth-order valence-electron chi connectivity index (χ4n) is 4.10. The van der Waals surface area contributed by atoms with Gasteiger partial charge in [-0.05, 0) is 38.0 Å². The highest BCUT2D eigenvalue weighted by atomic mass is 16.5. The van der Waals surface area contributed by atoms with E-state index in [0.29, 0.717) is 40.4 Å². The molecule has 0 radical (unpaired) electrons. The second-order valence-electron chi connectivity index (χ2n) is 7.34. The highest BCUT2D eigenvalue weighted by Gasteiger charge is 2.42. The largest absolute Gasteiger partial charge is 0.464 e. The van der Waals surface area contributed by atoms with Crippen LogP contribution in [0.15, 0.2) is 33.6 Å². The van der Waals surface area contributed by atoms with Crippen molar-refractivity contribution in [2.75, 3.05) is 12.0 Å². The van der Waals surface area contributed by atoms with Gasteiger partial charge in [-0.1, -0.05) is 19.1 Å². The summed E-state index contributed by atoms with van der Waals surface area (Å²) in [5.74, 6) is -0.0622. The van der Waals surface area contributed by atoms with Gasteiger partial charge in [-0.3, -0.25) is 14.5 Å². The van der Waals surface area contributed by atoms with Crippen molar-refractivity contribution < 1.29 is 18.8 Å². The lowest BCUT2D eigenvalue weighted by molar-refractivity contribution is 0.0591. The molecule has 2 aromatic heterocycles. The zero-order valence-corrected chi connectivity index (χ0v) is 17.9. The van der Waals surface area contributed by atoms with Crippen LogP contribution in [0.2, 0.25) is 0 Å². The third-order valence-corrected chi connectivity index (χ3v) is 5.45. The molecule has 3 heterocycles. The van der Waals surface area contributed by atoms with Crippen molar-refractivity contribution in [2.24, 2.45) is 7.05 Å². The maximum Gasteiger partial charge on any atom is 0.357 e. The molecule has 4 rings (SSSR count). The molecule has 0 saturated heterocycles. The number of methoxy groups -OCH3 is 1. The fraction of sp³-hybridized carbons (Fsp3) is 0.318. The maximum atomic E-state index is 13.3. The first-order valence-corrected chi connectivity index (χ1v) is 9.86. The van der Waals surface area contributed by atoms with Crippen molar-refractivity contribution in [2.45, 2.75) is 33.2 Å². The van der Waals surface area contributed by atoms with E-state index in [1.54, 1.807) is 50.1 Å². The topological polar surface area (TPSA) is 108 Å². The van der Waals surface area contributed by atoms with E-state index < -0.39 is 12.0 Å². The molecule has 31 heavy (non-hydrogen) atoms. The summed E-state index contributed by atoms with van der Waals surface area (Å²) in [5, 5.41) is 0. The van der Waals surface area contributed by atoms with E-state index in [4.69, 9.17) is 9.26 Å². The average molecular weight is 422 g/mol. The molecule has 160 valence electrons. The summed E-state index contributed by atoms with van der Waals surface area (Å²) >= 11 is 0. The number of rotatable bonds is 4. The lowest BCUT2D eigenvalue weighted by Gasteiger charge is -2.24. The van der Waals surface area contributed by atoms with Crippen molar-refractivity contribution in [1.82, 2.24) is 14.7 Å². The molecular weight excluding hydrogens is 400 g/mol. The van der Waals surface area contributed by atoms with E-state index in [-0.39, 0.29) is 22.9 Å². The number of carbonyl (C=O) groups is 2. The lowest BCUT2D eigenvalue weighted by Crippen LogP contribution is -2.27. The van der Waals surface area contributed by atoms with Gasteiger partial charge < -0.3 is 9.26 Å². The summed E-state index contributed by atoms with van der Waals surface area (Å²) in [5.41, 5.74) is 2.38. The van der Waals surface area contributed by atoms with Gasteiger partial charge in [0.1, 0.15) is 17.3 Å². The van der Waals surface area contributed by atoms with Crippen molar-refractivity contribution in [3.8, 4) is 11.1 Å². The van der Waals surface area contributed by atoms with Crippen LogP contribution in [0.25, 0.3) is 11.1 Å². The van der Waals surface area contributed by atoms with Gasteiger partial charge in [0.25, 0.3) is 11.5 Å². The van der Waals surface area contributed by atoms with Gasteiger partial charge in [0.05, 0.1) is 18.7 Å². The third-order valence-electron chi connectivity index (χ3n) is 5.45. The summed E-state index contributed by atoms with van der Waals surface area (Å²) in [6, 6.07) is 6.68. The molecule has 0 N–H and O–H groups in total. The van der Waals surface area contributed by atoms with Crippen LogP contribution in [0, 0.1) is 13.8 Å². The normalized spacial score (nSPS) is 15.3. The summed E-state index contributed by atoms with van der Waals surface area (Å²) in [4.78, 5) is 48.1. The molecule has 0 aliphatic carbocycles. The number of anilines is 1. The average Bonchev–Trinajstić information content (AvgIpc) is 3.18. The van der Waals surface area contributed by atoms with Crippen LogP contribution < -0.4 is 10.5 Å². The summed E-state index contributed by atoms with van der Waals surface area (Å²) in [7, 11) is 2.84. The van der Waals surface area contributed by atoms with E-state index in [0.717, 1.165) is 0 Å². The minimum Gasteiger partial charge on any atom is -0.464 e. The van der Waals surface area contributed by atoms with Crippen molar-refractivity contribution in [3.63, 3.8) is 0 Å². The van der Waals surface area contributed by atoms with E-state index in [9.17, 15) is 14.4 Å². The van der Waals surface area contributed by atoms with Gasteiger partial charge in [0, 0.05) is 18.3 Å². The number of hydrogen-bond donors (Lipinski definition) is 0. The van der Waals surface area contributed by atoms with Crippen LogP contribution in [0.5, 0.6) is 0 Å². The molecule has 9 heteroatoms. The second-order valence-corrected chi connectivity index (χ2v) is 7.34. The number of ether oxygens (including phenoxy) is 1. The number of aromatic nitrogens is 3. The number of benzene rings is 1. The molecule has 0 spiro atoms. The third kappa shape index (κ3) is 3.13. The number of aryl methyl sites for hydroxylation is 3. The number of fused-ring (bicyclic) bond motifs is 1. The van der Waals surface area contributed by atoms with Gasteiger partial charge in [-0.15, -0.1) is 0 Å². The Balaban J connectivity index is 1.79. The lowest BCUT2D eigenvalue weighted by atomic mass is 10.0. The molecule has 1 aromatic carbocycles. The quantitative estimate of drug-likeness (QED) is 0.595. The van der Waals surface area contributed by atoms with Crippen LogP contribution in [-0.4, -0.2) is 33.7 Å². The van der Waals surface area contributed by atoms with Crippen molar-refractivity contribution in [1.29, 1.82) is 0 Å². The number of carbonyl (C=O) groups excluding carboxylic acids is 2. The fourth-order valence-corrected chi connectivity index (χ4v) is 4.10. The molecule has 3 aromatic rings. The molecule has 1 amide bonds. The Morgan fingerprint density at radius 3 is 2.39 bits per heavy atom. The van der Waals surface area contributed by atoms with Gasteiger partial charge in [0.15, 0.2) is 5.69 Å². The Labute approximate surface area is 178 Å². The Hall–Kier alpha value is -3.75. The predicted molar refractivity (Wildman–Crippen MR) is 112 cm³/mol. The van der Waals surface area contributed by atoms with Crippen LogP contribution in [-0.2, 0) is 11.8 Å². The summed E-state index contributed by atoms with van der Waals surface area (Å²) in [6.45, 7) is 5.29. The Morgan fingerprint density at radius 2 is 1.84 bits per heavy atom. The maximum absolute atomic E-state index is 13.3. The highest BCUT2D eigenvalue weighted by molar-refractivity contribution is 6.11. The van der Waals surface area contributed by atoms with Gasteiger partial charge in [-0.25, -0.2) is 14.8 Å². The minimum absolute atomic E-state index is 0.113. The zero-order chi connectivity index (χ0) is 22.4. The number of nitrogens with zero attached hydrogens (tertiary/aromatic N) is 4. The molecule has 0 saturated carbocycles. The first kappa shape index (κ1) is 20.5. The van der Waals surface area contributed by atoms with Crippen LogP contribution in [0.1, 0.15) is 57.5 Å². The molecule has 1 aliphatic heterocycles. The van der Waals surface area contributed by atoms with Crippen LogP contribution in [0.3, 0.4) is 0 Å². The summed E-state index contributed by atoms with van der Waals surface area (Å²) in [6.07, 6.45) is 0.554. The Morgan fingerprint density at radius 1 is 1.16 bits per heavy atom. The molecule has 9 nitrogen and oxygen atoms in total. The van der Waals surface area contributed by atoms with E-state index in [1.807, 2.05) is 6.92 Å². The molecule has 0 bridgehead atoms. The number of esters is 1. The zero-order valence-electron chi connectivity index (χ0n) is 17.9. The summed E-state index contributed by atoms with van der Waals surface area (Å²) < 4.78 is 11.4. The van der Waals surface area contributed by atoms with E-state index in [2.05, 4.69) is 9.97 Å². The molecule has 1 unspecified atom stereocenters. The van der Waals surface area contributed by atoms with Gasteiger partial charge in [-0.2, -0.15) is 4.74 Å². The van der Waals surface area contributed by atoms with Crippen molar-refractivity contribution >= 4 is 17.6 Å². The SMILES string of the molecule is CCC1c2c(C(=O)OC)nc(C)nc2C(=O)N1c1ccc(-c2c(C)on(C)c2=O)cc1. The highest BCUT2D eigenvalue weighted by Crippen LogP contribution is 2.40. The van der Waals surface area contributed by atoms with Crippen LogP contribution in [0.4, 0.5) is 5.69 Å². The standard InChI is InChI=1S/C22H22N4O5/c1-6-15-17-18(23-12(3)24-19(17)22(29)30-5)21(28)26(15)14-9-7-13(8-10-14)16-11(2)31-25(4)20(16)27/h7-10,15H,6H2,1-5H3. The molecule has 0 fully saturated rings. The smallest absolute Gasteiger partial charge is 0.357 e. The first-order chi connectivity index (χ1) is 14.8. The Kier molecular flexibility index (Phi) is 4.96. The second kappa shape index (κ2) is 7.50. The van der Waals surface area contributed by atoms with Gasteiger partial charge in [0.2, 0.25) is 0 Å². The minimum atomic E-state index is -0.600. The molecule has 1 aliphatic rings. The Bertz CT molecular complexity index is 1260. The molecule has 1 atom stereocenters. The van der Waals surface area contributed by atoms with E-state index >= 15 is 0 Å². The molecular formula is C22H22N4O5. The van der Waals surface area contributed by atoms with Crippen LogP contribution >= 0.6 is 0 Å².